The van der Waals surface area contributed by atoms with E-state index in [9.17, 15) is 0 Å². The molecule has 0 spiro atoms. The van der Waals surface area contributed by atoms with Gasteiger partial charge in [0.1, 0.15) is 5.82 Å². The SMILES string of the molecule is Nc1ccc(Nc2cccc3ncccc23)nn1. The quantitative estimate of drug-likeness (QED) is 0.715. The lowest BCUT2D eigenvalue weighted by atomic mass is 10.2. The molecular weight excluding hydrogens is 226 g/mol. The van der Waals surface area contributed by atoms with Crippen LogP contribution in [0.15, 0.2) is 48.7 Å². The van der Waals surface area contributed by atoms with Crippen LogP contribution in [0.25, 0.3) is 10.9 Å². The van der Waals surface area contributed by atoms with Gasteiger partial charge in [-0.15, -0.1) is 10.2 Å². The summed E-state index contributed by atoms with van der Waals surface area (Å²) in [5.41, 5.74) is 7.38. The Balaban J connectivity index is 2.02. The van der Waals surface area contributed by atoms with Crippen molar-refractivity contribution < 1.29 is 0 Å². The molecule has 0 aliphatic rings. The lowest BCUT2D eigenvalue weighted by Gasteiger charge is -2.07. The molecule has 2 heterocycles. The van der Waals surface area contributed by atoms with Crippen molar-refractivity contribution in [3.63, 3.8) is 0 Å². The summed E-state index contributed by atoms with van der Waals surface area (Å²) in [6.45, 7) is 0. The second-order valence-corrected chi connectivity index (χ2v) is 3.84. The largest absolute Gasteiger partial charge is 0.382 e. The number of hydrogen-bond acceptors (Lipinski definition) is 5. The van der Waals surface area contributed by atoms with Gasteiger partial charge >= 0.3 is 0 Å². The van der Waals surface area contributed by atoms with Crippen molar-refractivity contribution in [3.8, 4) is 0 Å². The van der Waals surface area contributed by atoms with Crippen molar-refractivity contribution in [2.24, 2.45) is 0 Å². The van der Waals surface area contributed by atoms with E-state index in [4.69, 9.17) is 5.73 Å². The Morgan fingerprint density at radius 3 is 2.72 bits per heavy atom. The molecule has 0 aliphatic heterocycles. The molecule has 3 rings (SSSR count). The lowest BCUT2D eigenvalue weighted by Crippen LogP contribution is -1.98. The summed E-state index contributed by atoms with van der Waals surface area (Å²) in [6.07, 6.45) is 1.77. The highest BCUT2D eigenvalue weighted by molar-refractivity contribution is 5.92. The smallest absolute Gasteiger partial charge is 0.153 e. The van der Waals surface area contributed by atoms with Crippen molar-refractivity contribution in [1.82, 2.24) is 15.2 Å². The van der Waals surface area contributed by atoms with Crippen molar-refractivity contribution >= 4 is 28.2 Å². The first-order chi connectivity index (χ1) is 8.83. The van der Waals surface area contributed by atoms with Crippen LogP contribution < -0.4 is 11.1 Å². The minimum Gasteiger partial charge on any atom is -0.382 e. The van der Waals surface area contributed by atoms with E-state index in [0.717, 1.165) is 16.6 Å². The minimum atomic E-state index is 0.403. The van der Waals surface area contributed by atoms with Gasteiger partial charge in [-0.2, -0.15) is 0 Å². The van der Waals surface area contributed by atoms with E-state index in [0.29, 0.717) is 11.6 Å². The summed E-state index contributed by atoms with van der Waals surface area (Å²) >= 11 is 0. The summed E-state index contributed by atoms with van der Waals surface area (Å²) in [4.78, 5) is 4.30. The van der Waals surface area contributed by atoms with E-state index in [-0.39, 0.29) is 0 Å². The van der Waals surface area contributed by atoms with Gasteiger partial charge in [0.15, 0.2) is 5.82 Å². The van der Waals surface area contributed by atoms with Crippen molar-refractivity contribution in [2.45, 2.75) is 0 Å². The molecule has 0 bridgehead atoms. The van der Waals surface area contributed by atoms with Gasteiger partial charge in [0, 0.05) is 17.3 Å². The second-order valence-electron chi connectivity index (χ2n) is 3.84. The van der Waals surface area contributed by atoms with E-state index in [2.05, 4.69) is 20.5 Å². The molecule has 0 unspecified atom stereocenters. The Labute approximate surface area is 104 Å². The van der Waals surface area contributed by atoms with Gasteiger partial charge < -0.3 is 11.1 Å². The molecule has 0 atom stereocenters. The molecule has 2 aromatic heterocycles. The van der Waals surface area contributed by atoms with Gasteiger partial charge in [-0.1, -0.05) is 6.07 Å². The van der Waals surface area contributed by atoms with E-state index in [1.54, 1.807) is 18.3 Å². The maximum absolute atomic E-state index is 5.50. The highest BCUT2D eigenvalue weighted by Crippen LogP contribution is 2.23. The van der Waals surface area contributed by atoms with Gasteiger partial charge in [-0.05, 0) is 36.4 Å². The Morgan fingerprint density at radius 1 is 0.944 bits per heavy atom. The molecule has 0 amide bonds. The molecule has 5 nitrogen and oxygen atoms in total. The van der Waals surface area contributed by atoms with Crippen LogP contribution in [0.4, 0.5) is 17.3 Å². The zero-order valence-corrected chi connectivity index (χ0v) is 9.54. The number of rotatable bonds is 2. The molecule has 1 aromatic carbocycles. The summed E-state index contributed by atoms with van der Waals surface area (Å²) < 4.78 is 0. The average molecular weight is 237 g/mol. The molecule has 5 heteroatoms. The zero-order chi connectivity index (χ0) is 12.4. The summed E-state index contributed by atoms with van der Waals surface area (Å²) in [5, 5.41) is 12.0. The van der Waals surface area contributed by atoms with Gasteiger partial charge in [-0.25, -0.2) is 0 Å². The normalized spacial score (nSPS) is 10.4. The predicted molar refractivity (Wildman–Crippen MR) is 71.5 cm³/mol. The fraction of sp³-hybridized carbons (Fsp3) is 0. The van der Waals surface area contributed by atoms with Crippen LogP contribution >= 0.6 is 0 Å². The summed E-state index contributed by atoms with van der Waals surface area (Å²) in [7, 11) is 0. The number of anilines is 3. The number of aromatic nitrogens is 3. The molecule has 3 N–H and O–H groups in total. The number of nitrogens with two attached hydrogens (primary N) is 1. The average Bonchev–Trinajstić information content (AvgIpc) is 2.42. The van der Waals surface area contributed by atoms with Crippen LogP contribution in [0, 0.1) is 0 Å². The lowest BCUT2D eigenvalue weighted by molar-refractivity contribution is 1.05. The summed E-state index contributed by atoms with van der Waals surface area (Å²) in [6, 6.07) is 13.3. The monoisotopic (exact) mass is 237 g/mol. The Morgan fingerprint density at radius 2 is 1.89 bits per heavy atom. The topological polar surface area (TPSA) is 76.7 Å². The van der Waals surface area contributed by atoms with Gasteiger partial charge in [0.25, 0.3) is 0 Å². The number of nitrogen functional groups attached to an aromatic ring is 1. The van der Waals surface area contributed by atoms with Crippen LogP contribution in [0.5, 0.6) is 0 Å². The van der Waals surface area contributed by atoms with Crippen LogP contribution in [-0.4, -0.2) is 15.2 Å². The summed E-state index contributed by atoms with van der Waals surface area (Å²) in [5.74, 6) is 1.06. The molecule has 18 heavy (non-hydrogen) atoms. The molecule has 0 aliphatic carbocycles. The Bertz CT molecular complexity index is 673. The minimum absolute atomic E-state index is 0.403. The third-order valence-electron chi connectivity index (χ3n) is 2.59. The third kappa shape index (κ3) is 1.93. The maximum Gasteiger partial charge on any atom is 0.153 e. The molecule has 88 valence electrons. The number of nitrogens with zero attached hydrogens (tertiary/aromatic N) is 3. The van der Waals surface area contributed by atoms with Crippen molar-refractivity contribution in [1.29, 1.82) is 0 Å². The number of fused-ring (bicyclic) bond motifs is 1. The van der Waals surface area contributed by atoms with Crippen LogP contribution in [-0.2, 0) is 0 Å². The Kier molecular flexibility index (Phi) is 2.49. The Hall–Kier alpha value is -2.69. The third-order valence-corrected chi connectivity index (χ3v) is 2.59. The fourth-order valence-corrected chi connectivity index (χ4v) is 1.76. The van der Waals surface area contributed by atoms with Crippen molar-refractivity contribution in [2.75, 3.05) is 11.1 Å². The van der Waals surface area contributed by atoms with Crippen LogP contribution in [0.2, 0.25) is 0 Å². The predicted octanol–water partition coefficient (Wildman–Crippen LogP) is 2.35. The number of nitrogens with one attached hydrogen (secondary N) is 1. The highest BCUT2D eigenvalue weighted by Gasteiger charge is 2.02. The first-order valence-corrected chi connectivity index (χ1v) is 5.53. The molecule has 0 radical (unpaired) electrons. The van der Waals surface area contributed by atoms with E-state index < -0.39 is 0 Å². The van der Waals surface area contributed by atoms with Crippen LogP contribution in [0.1, 0.15) is 0 Å². The highest BCUT2D eigenvalue weighted by atomic mass is 15.2. The fourth-order valence-electron chi connectivity index (χ4n) is 1.76. The van der Waals surface area contributed by atoms with Crippen molar-refractivity contribution in [3.05, 3.63) is 48.7 Å². The number of benzene rings is 1. The second kappa shape index (κ2) is 4.29. The number of pyridine rings is 1. The molecule has 3 aromatic rings. The molecular formula is C13H11N5. The molecule has 0 saturated heterocycles. The van der Waals surface area contributed by atoms with E-state index in [1.807, 2.05) is 30.3 Å². The standard InChI is InChI=1S/C13H11N5/c14-12-6-7-13(18-17-12)16-11-5-1-4-10-9(11)3-2-8-15-10/h1-8H,(H2,14,17)(H,16,18). The van der Waals surface area contributed by atoms with E-state index in [1.165, 1.54) is 0 Å². The number of hydrogen-bond donors (Lipinski definition) is 2. The molecule has 0 saturated carbocycles. The van der Waals surface area contributed by atoms with Gasteiger partial charge in [-0.3, -0.25) is 4.98 Å². The van der Waals surface area contributed by atoms with Gasteiger partial charge in [0.05, 0.1) is 5.52 Å². The van der Waals surface area contributed by atoms with E-state index >= 15 is 0 Å². The van der Waals surface area contributed by atoms with Gasteiger partial charge in [0.2, 0.25) is 0 Å². The molecule has 0 fully saturated rings. The van der Waals surface area contributed by atoms with Crippen LogP contribution in [0.3, 0.4) is 0 Å². The first-order valence-electron chi connectivity index (χ1n) is 5.53. The first kappa shape index (κ1) is 10.5. The zero-order valence-electron chi connectivity index (χ0n) is 9.54. The maximum atomic E-state index is 5.50.